The molecule has 29 heavy (non-hydrogen) atoms. The topological polar surface area (TPSA) is 63.1 Å². The van der Waals surface area contributed by atoms with Crippen molar-refractivity contribution in [3.05, 3.63) is 70.1 Å². The number of carbonyl (C=O) groups is 1. The number of pyridine rings is 1. The summed E-state index contributed by atoms with van der Waals surface area (Å²) in [6, 6.07) is 12.0. The van der Waals surface area contributed by atoms with Crippen molar-refractivity contribution in [3.63, 3.8) is 0 Å². The Balaban J connectivity index is 1.48. The number of benzene rings is 1. The van der Waals surface area contributed by atoms with Gasteiger partial charge in [-0.15, -0.1) is 0 Å². The largest absolute Gasteiger partial charge is 0.370 e. The van der Waals surface area contributed by atoms with Crippen LogP contribution in [0.1, 0.15) is 40.0 Å². The first kappa shape index (κ1) is 19.5. The lowest BCUT2D eigenvalue weighted by atomic mass is 10.1. The molecule has 1 aliphatic heterocycles. The maximum atomic E-state index is 12.8. The van der Waals surface area contributed by atoms with Crippen LogP contribution in [0, 0.1) is 13.8 Å². The Morgan fingerprint density at radius 3 is 2.48 bits per heavy atom. The van der Waals surface area contributed by atoms with Crippen LogP contribution in [-0.4, -0.2) is 33.8 Å². The van der Waals surface area contributed by atoms with Crippen LogP contribution in [-0.2, 0) is 6.54 Å². The van der Waals surface area contributed by atoms with Crippen LogP contribution in [0.25, 0.3) is 0 Å². The number of aromatic nitrogens is 3. The van der Waals surface area contributed by atoms with E-state index in [0.29, 0.717) is 28.8 Å². The lowest BCUT2D eigenvalue weighted by Gasteiger charge is -2.17. The number of aryl methyl sites for hydroxylation is 2. The van der Waals surface area contributed by atoms with Gasteiger partial charge in [-0.2, -0.15) is 5.10 Å². The van der Waals surface area contributed by atoms with Crippen molar-refractivity contribution < 1.29 is 4.79 Å². The van der Waals surface area contributed by atoms with Gasteiger partial charge < -0.3 is 10.2 Å². The number of nitrogens with one attached hydrogen (secondary N) is 1. The van der Waals surface area contributed by atoms with Crippen LogP contribution < -0.4 is 10.2 Å². The molecule has 0 saturated carbocycles. The molecule has 1 saturated heterocycles. The SMILES string of the molecule is Cc1ccc(Cn2nc(C)c(C(=O)Nc3ccc(N4CCCC4)cn3)c2Cl)cc1. The molecular weight excluding hydrogens is 386 g/mol. The molecule has 0 aliphatic carbocycles. The van der Waals surface area contributed by atoms with E-state index in [9.17, 15) is 4.79 Å². The molecule has 7 heteroatoms. The number of carbonyl (C=O) groups excluding carboxylic acids is 1. The van der Waals surface area contributed by atoms with E-state index in [4.69, 9.17) is 11.6 Å². The van der Waals surface area contributed by atoms with E-state index in [1.165, 1.54) is 18.4 Å². The summed E-state index contributed by atoms with van der Waals surface area (Å²) >= 11 is 6.50. The van der Waals surface area contributed by atoms with Gasteiger partial charge in [0.15, 0.2) is 0 Å². The fraction of sp³-hybridized carbons (Fsp3) is 0.318. The minimum absolute atomic E-state index is 0.302. The average Bonchev–Trinajstić information content (AvgIpc) is 3.33. The molecular formula is C22H24ClN5O. The van der Waals surface area contributed by atoms with E-state index < -0.39 is 0 Å². The van der Waals surface area contributed by atoms with E-state index >= 15 is 0 Å². The zero-order chi connectivity index (χ0) is 20.4. The predicted molar refractivity (Wildman–Crippen MR) is 116 cm³/mol. The van der Waals surface area contributed by atoms with Gasteiger partial charge in [0.25, 0.3) is 5.91 Å². The first-order valence-corrected chi connectivity index (χ1v) is 10.2. The van der Waals surface area contributed by atoms with Gasteiger partial charge >= 0.3 is 0 Å². The number of hydrogen-bond acceptors (Lipinski definition) is 4. The van der Waals surface area contributed by atoms with Gasteiger partial charge in [0.2, 0.25) is 0 Å². The van der Waals surface area contributed by atoms with Crippen molar-refractivity contribution >= 4 is 29.0 Å². The molecule has 1 N–H and O–H groups in total. The molecule has 6 nitrogen and oxygen atoms in total. The summed E-state index contributed by atoms with van der Waals surface area (Å²) in [5.74, 6) is 0.198. The third-order valence-electron chi connectivity index (χ3n) is 5.21. The minimum Gasteiger partial charge on any atom is -0.370 e. The molecule has 0 radical (unpaired) electrons. The Morgan fingerprint density at radius 1 is 1.10 bits per heavy atom. The number of nitrogens with zero attached hydrogens (tertiary/aromatic N) is 4. The van der Waals surface area contributed by atoms with E-state index in [-0.39, 0.29) is 5.91 Å². The normalized spacial score (nSPS) is 13.7. The van der Waals surface area contributed by atoms with Crippen LogP contribution in [0.2, 0.25) is 5.15 Å². The Labute approximate surface area is 175 Å². The molecule has 0 bridgehead atoms. The Hall–Kier alpha value is -2.86. The highest BCUT2D eigenvalue weighted by molar-refractivity contribution is 6.33. The summed E-state index contributed by atoms with van der Waals surface area (Å²) in [5, 5.41) is 7.62. The van der Waals surface area contributed by atoms with Crippen molar-refractivity contribution in [3.8, 4) is 0 Å². The van der Waals surface area contributed by atoms with Crippen LogP contribution in [0.15, 0.2) is 42.6 Å². The minimum atomic E-state index is -0.302. The van der Waals surface area contributed by atoms with Gasteiger partial charge in [0, 0.05) is 13.1 Å². The van der Waals surface area contributed by atoms with Crippen LogP contribution >= 0.6 is 11.6 Å². The van der Waals surface area contributed by atoms with Gasteiger partial charge in [-0.1, -0.05) is 41.4 Å². The fourth-order valence-electron chi connectivity index (χ4n) is 3.58. The summed E-state index contributed by atoms with van der Waals surface area (Å²) in [5.41, 5.74) is 4.32. The zero-order valence-corrected chi connectivity index (χ0v) is 17.4. The molecule has 2 aromatic heterocycles. The number of rotatable bonds is 5. The van der Waals surface area contributed by atoms with Gasteiger partial charge in [-0.05, 0) is 44.4 Å². The van der Waals surface area contributed by atoms with Crippen molar-refractivity contribution in [1.29, 1.82) is 0 Å². The first-order valence-electron chi connectivity index (χ1n) is 9.82. The van der Waals surface area contributed by atoms with Gasteiger partial charge in [0.1, 0.15) is 11.0 Å². The Bertz CT molecular complexity index is 1000. The molecule has 3 aromatic rings. The number of anilines is 2. The average molecular weight is 410 g/mol. The number of amides is 1. The second-order valence-corrected chi connectivity index (χ2v) is 7.80. The van der Waals surface area contributed by atoms with Crippen LogP contribution in [0.3, 0.4) is 0 Å². The first-order chi connectivity index (χ1) is 14.0. The molecule has 150 valence electrons. The maximum absolute atomic E-state index is 12.8. The highest BCUT2D eigenvalue weighted by Gasteiger charge is 2.21. The lowest BCUT2D eigenvalue weighted by Crippen LogP contribution is -2.18. The van der Waals surface area contributed by atoms with Gasteiger partial charge in [-0.25, -0.2) is 9.67 Å². The molecule has 4 rings (SSSR count). The van der Waals surface area contributed by atoms with Crippen LogP contribution in [0.5, 0.6) is 0 Å². The Kier molecular flexibility index (Phi) is 5.53. The fourth-order valence-corrected chi connectivity index (χ4v) is 3.90. The maximum Gasteiger partial charge on any atom is 0.261 e. The summed E-state index contributed by atoms with van der Waals surface area (Å²) in [6.07, 6.45) is 4.22. The third kappa shape index (κ3) is 4.27. The molecule has 1 amide bonds. The molecule has 1 aliphatic rings. The van der Waals surface area contributed by atoms with Crippen molar-refractivity contribution in [2.75, 3.05) is 23.3 Å². The van der Waals surface area contributed by atoms with Crippen molar-refractivity contribution in [2.24, 2.45) is 0 Å². The number of halogens is 1. The van der Waals surface area contributed by atoms with Crippen molar-refractivity contribution in [2.45, 2.75) is 33.2 Å². The van der Waals surface area contributed by atoms with E-state index in [2.05, 4.69) is 20.3 Å². The lowest BCUT2D eigenvalue weighted by molar-refractivity contribution is 0.102. The predicted octanol–water partition coefficient (Wildman–Crippen LogP) is 4.45. The molecule has 3 heterocycles. The van der Waals surface area contributed by atoms with Gasteiger partial charge in [0.05, 0.1) is 29.7 Å². The molecule has 1 aromatic carbocycles. The van der Waals surface area contributed by atoms with E-state index in [1.54, 1.807) is 17.8 Å². The van der Waals surface area contributed by atoms with Crippen LogP contribution in [0.4, 0.5) is 11.5 Å². The smallest absolute Gasteiger partial charge is 0.261 e. The molecule has 0 spiro atoms. The quantitative estimate of drug-likeness (QED) is 0.676. The van der Waals surface area contributed by atoms with Crippen molar-refractivity contribution in [1.82, 2.24) is 14.8 Å². The summed E-state index contributed by atoms with van der Waals surface area (Å²) < 4.78 is 1.65. The third-order valence-corrected chi connectivity index (χ3v) is 5.59. The molecule has 1 fully saturated rings. The molecule has 0 unspecified atom stereocenters. The second-order valence-electron chi connectivity index (χ2n) is 7.44. The van der Waals surface area contributed by atoms with E-state index in [0.717, 1.165) is 24.3 Å². The highest BCUT2D eigenvalue weighted by Crippen LogP contribution is 2.24. The Morgan fingerprint density at radius 2 is 1.83 bits per heavy atom. The standard InChI is InChI=1S/C22H24ClN5O/c1-15-5-7-17(8-6-15)14-28-21(23)20(16(2)26-28)22(29)25-19-10-9-18(13-24-19)27-11-3-4-12-27/h5-10,13H,3-4,11-12,14H2,1-2H3,(H,24,25,29). The summed E-state index contributed by atoms with van der Waals surface area (Å²) in [4.78, 5) is 19.5. The second kappa shape index (κ2) is 8.25. The zero-order valence-electron chi connectivity index (χ0n) is 16.7. The summed E-state index contributed by atoms with van der Waals surface area (Å²) in [6.45, 7) is 6.46. The number of hydrogen-bond donors (Lipinski definition) is 1. The molecule has 0 atom stereocenters. The van der Waals surface area contributed by atoms with E-state index in [1.807, 2.05) is 43.3 Å². The highest BCUT2D eigenvalue weighted by atomic mass is 35.5. The monoisotopic (exact) mass is 409 g/mol. The summed E-state index contributed by atoms with van der Waals surface area (Å²) in [7, 11) is 0. The van der Waals surface area contributed by atoms with Gasteiger partial charge in [-0.3, -0.25) is 4.79 Å².